The third-order valence-electron chi connectivity index (χ3n) is 4.68. The number of hydrogen-bond acceptors (Lipinski definition) is 3. The third-order valence-corrected chi connectivity index (χ3v) is 4.68. The highest BCUT2D eigenvalue weighted by Crippen LogP contribution is 2.28. The highest BCUT2D eigenvalue weighted by molar-refractivity contribution is 6.08. The Morgan fingerprint density at radius 2 is 1.67 bits per heavy atom. The molecule has 0 unspecified atom stereocenters. The normalized spacial score (nSPS) is 13.2. The molecule has 3 aromatic rings. The van der Waals surface area contributed by atoms with Gasteiger partial charge in [0.2, 0.25) is 0 Å². The van der Waals surface area contributed by atoms with Crippen LogP contribution in [0.5, 0.6) is 5.75 Å². The molecule has 30 heavy (non-hydrogen) atoms. The lowest BCUT2D eigenvalue weighted by Gasteiger charge is -2.14. The average molecular weight is 414 g/mol. The lowest BCUT2D eigenvalue weighted by Crippen LogP contribution is -2.30. The van der Waals surface area contributed by atoms with Crippen LogP contribution >= 0.6 is 0 Å². The smallest absolute Gasteiger partial charge is 0.259 e. The molecule has 0 heterocycles. The molecule has 1 aliphatic carbocycles. The number of fused-ring (bicyclic) bond motifs is 1. The maximum Gasteiger partial charge on any atom is 0.259 e. The molecule has 0 radical (unpaired) electrons. The predicted octanol–water partition coefficient (Wildman–Crippen LogP) is 4.17. The van der Waals surface area contributed by atoms with Gasteiger partial charge in [-0.25, -0.2) is 13.2 Å². The molecule has 0 aliphatic heterocycles. The molecule has 2 N–H and O–H groups in total. The van der Waals surface area contributed by atoms with E-state index >= 15 is 0 Å². The van der Waals surface area contributed by atoms with E-state index in [2.05, 4.69) is 10.6 Å². The van der Waals surface area contributed by atoms with E-state index in [0.29, 0.717) is 11.5 Å². The first-order valence-corrected chi connectivity index (χ1v) is 9.32. The summed E-state index contributed by atoms with van der Waals surface area (Å²) in [4.78, 5) is 24.7. The minimum absolute atomic E-state index is 0.0251. The maximum atomic E-state index is 14.0. The summed E-state index contributed by atoms with van der Waals surface area (Å²) in [7, 11) is 0. The summed E-state index contributed by atoms with van der Waals surface area (Å²) < 4.78 is 46.2. The van der Waals surface area contributed by atoms with Crippen molar-refractivity contribution < 1.29 is 27.5 Å². The highest BCUT2D eigenvalue weighted by Gasteiger charge is 2.24. The molecule has 1 fully saturated rings. The van der Waals surface area contributed by atoms with Gasteiger partial charge in [-0.3, -0.25) is 9.59 Å². The van der Waals surface area contributed by atoms with Crippen LogP contribution in [0.15, 0.2) is 48.5 Å². The van der Waals surface area contributed by atoms with Crippen molar-refractivity contribution in [3.8, 4) is 5.75 Å². The van der Waals surface area contributed by atoms with Crippen molar-refractivity contribution in [2.24, 2.45) is 0 Å². The fraction of sp³-hybridized carbons (Fsp3) is 0.182. The van der Waals surface area contributed by atoms with Crippen LogP contribution in [0.1, 0.15) is 23.2 Å². The molecule has 154 valence electrons. The Balaban J connectivity index is 1.62. The summed E-state index contributed by atoms with van der Waals surface area (Å²) in [5.41, 5.74) is -0.485. The second-order valence-electron chi connectivity index (χ2n) is 7.00. The van der Waals surface area contributed by atoms with Gasteiger partial charge < -0.3 is 15.4 Å². The van der Waals surface area contributed by atoms with Gasteiger partial charge in [-0.15, -0.1) is 0 Å². The van der Waals surface area contributed by atoms with Crippen LogP contribution in [0, 0.1) is 17.5 Å². The van der Waals surface area contributed by atoms with Crippen LogP contribution in [-0.4, -0.2) is 24.5 Å². The summed E-state index contributed by atoms with van der Waals surface area (Å²) in [6.45, 7) is -0.297. The molecule has 0 atom stereocenters. The Morgan fingerprint density at radius 1 is 0.967 bits per heavy atom. The largest absolute Gasteiger partial charge is 0.483 e. The first-order valence-electron chi connectivity index (χ1n) is 9.32. The van der Waals surface area contributed by atoms with E-state index in [9.17, 15) is 22.8 Å². The Labute approximate surface area is 169 Å². The zero-order valence-corrected chi connectivity index (χ0v) is 15.7. The van der Waals surface area contributed by atoms with Gasteiger partial charge in [-0.1, -0.05) is 24.3 Å². The van der Waals surface area contributed by atoms with Gasteiger partial charge >= 0.3 is 0 Å². The second-order valence-corrected chi connectivity index (χ2v) is 7.00. The summed E-state index contributed by atoms with van der Waals surface area (Å²) in [5.74, 6) is -5.54. The highest BCUT2D eigenvalue weighted by atomic mass is 19.2. The molecule has 5 nitrogen and oxygen atoms in total. The molecule has 2 amide bonds. The van der Waals surface area contributed by atoms with E-state index in [0.717, 1.165) is 24.3 Å². The number of benzene rings is 3. The summed E-state index contributed by atoms with van der Waals surface area (Å²) in [6, 6.07) is 12.1. The quantitative estimate of drug-likeness (QED) is 0.595. The predicted molar refractivity (Wildman–Crippen MR) is 105 cm³/mol. The van der Waals surface area contributed by atoms with Gasteiger partial charge in [0.1, 0.15) is 5.75 Å². The van der Waals surface area contributed by atoms with Crippen molar-refractivity contribution in [2.45, 2.75) is 18.9 Å². The van der Waals surface area contributed by atoms with Crippen molar-refractivity contribution >= 4 is 28.3 Å². The fourth-order valence-corrected chi connectivity index (χ4v) is 2.97. The van der Waals surface area contributed by atoms with Gasteiger partial charge in [0.05, 0.1) is 11.3 Å². The number of halogens is 3. The van der Waals surface area contributed by atoms with Gasteiger partial charge in [0.25, 0.3) is 11.8 Å². The Morgan fingerprint density at radius 3 is 2.37 bits per heavy atom. The van der Waals surface area contributed by atoms with Gasteiger partial charge in [0.15, 0.2) is 24.1 Å². The molecule has 0 saturated heterocycles. The van der Waals surface area contributed by atoms with Gasteiger partial charge in [0, 0.05) is 6.04 Å². The lowest BCUT2D eigenvalue weighted by atomic mass is 10.1. The molecule has 0 aromatic heterocycles. The molecule has 0 bridgehead atoms. The first kappa shape index (κ1) is 19.8. The number of carbonyl (C=O) groups is 2. The van der Waals surface area contributed by atoms with E-state index in [1.54, 1.807) is 18.2 Å². The number of anilines is 1. The van der Waals surface area contributed by atoms with Crippen molar-refractivity contribution in [1.82, 2.24) is 5.32 Å². The van der Waals surface area contributed by atoms with Crippen LogP contribution in [0.25, 0.3) is 10.8 Å². The molecule has 8 heteroatoms. The topological polar surface area (TPSA) is 67.4 Å². The van der Waals surface area contributed by atoms with Crippen molar-refractivity contribution in [3.05, 3.63) is 71.5 Å². The van der Waals surface area contributed by atoms with Gasteiger partial charge in [-0.2, -0.15) is 0 Å². The van der Waals surface area contributed by atoms with Crippen molar-refractivity contribution in [2.75, 3.05) is 11.9 Å². The molecule has 0 spiro atoms. The van der Waals surface area contributed by atoms with E-state index in [1.807, 2.05) is 12.1 Å². The standard InChI is InChI=1S/C22H17F3N2O3/c23-16-7-8-17(21(25)20(16)24)27-22(29)15-9-12-3-1-2-4-13(12)10-18(15)30-11-19(28)26-14-5-6-14/h1-4,7-10,14H,5-6,11H2,(H,26,28)(H,27,29). The minimum Gasteiger partial charge on any atom is -0.483 e. The van der Waals surface area contributed by atoms with Crippen LogP contribution in [0.3, 0.4) is 0 Å². The monoisotopic (exact) mass is 414 g/mol. The number of rotatable bonds is 6. The van der Waals surface area contributed by atoms with Crippen molar-refractivity contribution in [3.63, 3.8) is 0 Å². The summed E-state index contributed by atoms with van der Waals surface area (Å²) in [5, 5.41) is 6.49. The van der Waals surface area contributed by atoms with Crippen LogP contribution in [-0.2, 0) is 4.79 Å². The van der Waals surface area contributed by atoms with E-state index in [4.69, 9.17) is 4.74 Å². The van der Waals surface area contributed by atoms with Gasteiger partial charge in [-0.05, 0) is 47.9 Å². The van der Waals surface area contributed by atoms with E-state index in [-0.39, 0.29) is 29.9 Å². The fourth-order valence-electron chi connectivity index (χ4n) is 2.97. The Hall–Kier alpha value is -3.55. The third kappa shape index (κ3) is 4.22. The number of amides is 2. The molecule has 3 aromatic carbocycles. The van der Waals surface area contributed by atoms with Crippen LogP contribution in [0.2, 0.25) is 0 Å². The molecular weight excluding hydrogens is 397 g/mol. The number of carbonyl (C=O) groups excluding carboxylic acids is 2. The molecule has 1 saturated carbocycles. The SMILES string of the molecule is O=C(COc1cc2ccccc2cc1C(=O)Nc1ccc(F)c(F)c1F)NC1CC1. The zero-order chi connectivity index (χ0) is 21.3. The van der Waals surface area contributed by atoms with Crippen molar-refractivity contribution in [1.29, 1.82) is 0 Å². The zero-order valence-electron chi connectivity index (χ0n) is 15.7. The maximum absolute atomic E-state index is 14.0. The molecular formula is C22H17F3N2O3. The first-order chi connectivity index (χ1) is 14.4. The minimum atomic E-state index is -1.68. The average Bonchev–Trinajstić information content (AvgIpc) is 3.55. The number of ether oxygens (including phenoxy) is 1. The lowest BCUT2D eigenvalue weighted by molar-refractivity contribution is -0.123. The van der Waals surface area contributed by atoms with E-state index < -0.39 is 29.0 Å². The molecule has 1 aliphatic rings. The van der Waals surface area contributed by atoms with E-state index in [1.165, 1.54) is 6.07 Å². The van der Waals surface area contributed by atoms with Crippen LogP contribution < -0.4 is 15.4 Å². The Bertz CT molecular complexity index is 1150. The number of hydrogen-bond donors (Lipinski definition) is 2. The summed E-state index contributed by atoms with van der Waals surface area (Å²) >= 11 is 0. The summed E-state index contributed by atoms with van der Waals surface area (Å²) in [6.07, 6.45) is 1.85. The second kappa shape index (κ2) is 8.06. The number of nitrogens with one attached hydrogen (secondary N) is 2. The molecule has 4 rings (SSSR count). The Kier molecular flexibility index (Phi) is 5.31. The van der Waals surface area contributed by atoms with Crippen LogP contribution in [0.4, 0.5) is 18.9 Å².